The third-order valence-electron chi connectivity index (χ3n) is 2.94. The average Bonchev–Trinajstić information content (AvgIpc) is 2.34. The van der Waals surface area contributed by atoms with Gasteiger partial charge in [0.15, 0.2) is 0 Å². The number of nitrogens with one attached hydrogen (secondary N) is 2. The summed E-state index contributed by atoms with van der Waals surface area (Å²) in [7, 11) is 1.85. The molecule has 3 nitrogen and oxygen atoms in total. The summed E-state index contributed by atoms with van der Waals surface area (Å²) in [5, 5.41) is 5.95. The number of rotatable bonds is 6. The van der Waals surface area contributed by atoms with Gasteiger partial charge in [-0.15, -0.1) is 12.4 Å². The summed E-state index contributed by atoms with van der Waals surface area (Å²) in [6.07, 6.45) is 0.519. The fourth-order valence-electron chi connectivity index (χ4n) is 1.66. The Balaban J connectivity index is 0.00000324. The van der Waals surface area contributed by atoms with Crippen LogP contribution in [-0.2, 0) is 10.2 Å². The summed E-state index contributed by atoms with van der Waals surface area (Å²) in [6.45, 7) is 5.62. The van der Waals surface area contributed by atoms with Gasteiger partial charge in [0, 0.05) is 29.4 Å². The van der Waals surface area contributed by atoms with Crippen molar-refractivity contribution in [3.05, 3.63) is 34.3 Å². The number of hydrogen-bond acceptors (Lipinski definition) is 2. The highest BCUT2D eigenvalue weighted by molar-refractivity contribution is 9.10. The van der Waals surface area contributed by atoms with Crippen LogP contribution in [0.25, 0.3) is 0 Å². The molecular weight excluding hydrogens is 328 g/mol. The Morgan fingerprint density at radius 1 is 1.37 bits per heavy atom. The molecule has 0 bridgehead atoms. The van der Waals surface area contributed by atoms with Crippen LogP contribution in [0.4, 0.5) is 0 Å². The summed E-state index contributed by atoms with van der Waals surface area (Å²) in [5.41, 5.74) is 1.14. The SMILES string of the molecule is CNCCC(=O)NCC(C)(C)c1cccc(Br)c1.Cl. The molecule has 0 heterocycles. The summed E-state index contributed by atoms with van der Waals surface area (Å²) in [4.78, 5) is 11.6. The molecule has 0 unspecified atom stereocenters. The van der Waals surface area contributed by atoms with Gasteiger partial charge in [-0.2, -0.15) is 0 Å². The summed E-state index contributed by atoms with van der Waals surface area (Å²) in [5.74, 6) is 0.0902. The number of amides is 1. The second kappa shape index (κ2) is 8.56. The molecule has 0 aromatic heterocycles. The number of hydrogen-bond donors (Lipinski definition) is 2. The molecule has 2 N–H and O–H groups in total. The van der Waals surface area contributed by atoms with Crippen LogP contribution in [0.5, 0.6) is 0 Å². The second-order valence-electron chi connectivity index (χ2n) is 5.02. The number of carbonyl (C=O) groups is 1. The van der Waals surface area contributed by atoms with Crippen LogP contribution in [0.1, 0.15) is 25.8 Å². The van der Waals surface area contributed by atoms with Crippen LogP contribution in [0.2, 0.25) is 0 Å². The lowest BCUT2D eigenvalue weighted by Crippen LogP contribution is -2.37. The zero-order valence-electron chi connectivity index (χ0n) is 11.6. The first kappa shape index (κ1) is 18.4. The molecule has 1 rings (SSSR count). The first-order valence-corrected chi connectivity index (χ1v) is 6.92. The van der Waals surface area contributed by atoms with Crippen molar-refractivity contribution in [3.8, 4) is 0 Å². The van der Waals surface area contributed by atoms with E-state index in [9.17, 15) is 4.79 Å². The second-order valence-corrected chi connectivity index (χ2v) is 5.94. The molecule has 0 aliphatic rings. The highest BCUT2D eigenvalue weighted by Crippen LogP contribution is 2.24. The minimum Gasteiger partial charge on any atom is -0.355 e. The molecule has 108 valence electrons. The minimum absolute atomic E-state index is 0. The molecule has 0 saturated carbocycles. The molecule has 0 saturated heterocycles. The zero-order valence-corrected chi connectivity index (χ0v) is 14.0. The van der Waals surface area contributed by atoms with E-state index in [2.05, 4.69) is 52.5 Å². The van der Waals surface area contributed by atoms with Gasteiger partial charge in [-0.25, -0.2) is 0 Å². The van der Waals surface area contributed by atoms with Crippen LogP contribution in [0, 0.1) is 0 Å². The lowest BCUT2D eigenvalue weighted by Gasteiger charge is -2.26. The van der Waals surface area contributed by atoms with E-state index >= 15 is 0 Å². The van der Waals surface area contributed by atoms with Gasteiger partial charge >= 0.3 is 0 Å². The van der Waals surface area contributed by atoms with Crippen LogP contribution in [0.15, 0.2) is 28.7 Å². The Kier molecular flexibility index (Phi) is 8.30. The van der Waals surface area contributed by atoms with E-state index in [0.717, 1.165) is 4.47 Å². The maximum Gasteiger partial charge on any atom is 0.221 e. The lowest BCUT2D eigenvalue weighted by molar-refractivity contribution is -0.121. The third-order valence-corrected chi connectivity index (χ3v) is 3.43. The predicted molar refractivity (Wildman–Crippen MR) is 86.0 cm³/mol. The van der Waals surface area contributed by atoms with Crippen molar-refractivity contribution in [2.45, 2.75) is 25.7 Å². The summed E-state index contributed by atoms with van der Waals surface area (Å²) in [6, 6.07) is 8.21. The molecule has 5 heteroatoms. The molecule has 0 aliphatic carbocycles. The minimum atomic E-state index is -0.0704. The fourth-order valence-corrected chi connectivity index (χ4v) is 2.06. The van der Waals surface area contributed by atoms with E-state index in [1.807, 2.05) is 19.2 Å². The van der Waals surface area contributed by atoms with Crippen LogP contribution in [-0.4, -0.2) is 26.0 Å². The monoisotopic (exact) mass is 348 g/mol. The smallest absolute Gasteiger partial charge is 0.221 e. The highest BCUT2D eigenvalue weighted by Gasteiger charge is 2.21. The van der Waals surface area contributed by atoms with Gasteiger partial charge in [0.25, 0.3) is 0 Å². The summed E-state index contributed by atoms with van der Waals surface area (Å²) >= 11 is 3.47. The van der Waals surface area contributed by atoms with Gasteiger partial charge in [0.1, 0.15) is 0 Å². The van der Waals surface area contributed by atoms with Crippen molar-refractivity contribution in [1.29, 1.82) is 0 Å². The first-order chi connectivity index (χ1) is 8.45. The summed E-state index contributed by atoms with van der Waals surface area (Å²) < 4.78 is 1.06. The van der Waals surface area contributed by atoms with E-state index in [1.54, 1.807) is 0 Å². The van der Waals surface area contributed by atoms with E-state index in [4.69, 9.17) is 0 Å². The van der Waals surface area contributed by atoms with Crippen LogP contribution in [0.3, 0.4) is 0 Å². The topological polar surface area (TPSA) is 41.1 Å². The Hall–Kier alpha value is -0.580. The molecule has 0 aliphatic heterocycles. The Bertz CT molecular complexity index is 410. The normalized spacial score (nSPS) is 10.7. The first-order valence-electron chi connectivity index (χ1n) is 6.13. The van der Waals surface area contributed by atoms with Gasteiger partial charge in [-0.3, -0.25) is 4.79 Å². The molecule has 0 fully saturated rings. The molecule has 1 amide bonds. The van der Waals surface area contributed by atoms with Crippen molar-refractivity contribution < 1.29 is 4.79 Å². The van der Waals surface area contributed by atoms with E-state index in [1.165, 1.54) is 5.56 Å². The number of benzene rings is 1. The maximum atomic E-state index is 11.6. The Morgan fingerprint density at radius 3 is 2.63 bits per heavy atom. The maximum absolute atomic E-state index is 11.6. The van der Waals surface area contributed by atoms with Gasteiger partial charge in [0.05, 0.1) is 0 Å². The van der Waals surface area contributed by atoms with E-state index < -0.39 is 0 Å². The Labute approximate surface area is 130 Å². The van der Waals surface area contributed by atoms with Gasteiger partial charge < -0.3 is 10.6 Å². The average molecular weight is 350 g/mol. The van der Waals surface area contributed by atoms with Crippen LogP contribution >= 0.6 is 28.3 Å². The molecule has 0 atom stereocenters. The molecular formula is C14H22BrClN2O. The molecule has 1 aromatic carbocycles. The molecule has 19 heavy (non-hydrogen) atoms. The molecule has 1 aromatic rings. The number of carbonyl (C=O) groups excluding carboxylic acids is 1. The van der Waals surface area contributed by atoms with E-state index in [-0.39, 0.29) is 23.7 Å². The third kappa shape index (κ3) is 6.41. The fraction of sp³-hybridized carbons (Fsp3) is 0.500. The van der Waals surface area contributed by atoms with Crippen LogP contribution < -0.4 is 10.6 Å². The molecule has 0 spiro atoms. The van der Waals surface area contributed by atoms with Gasteiger partial charge in [-0.1, -0.05) is 41.9 Å². The van der Waals surface area contributed by atoms with Gasteiger partial charge in [0.2, 0.25) is 5.91 Å². The molecule has 0 radical (unpaired) electrons. The Morgan fingerprint density at radius 2 is 2.05 bits per heavy atom. The standard InChI is InChI=1S/C14H21BrN2O.ClH/c1-14(2,10-17-13(18)7-8-16-3)11-5-4-6-12(15)9-11;/h4-6,9,16H,7-8,10H2,1-3H3,(H,17,18);1H. The van der Waals surface area contributed by atoms with E-state index in [0.29, 0.717) is 19.5 Å². The zero-order chi connectivity index (χ0) is 13.6. The van der Waals surface area contributed by atoms with Crippen molar-refractivity contribution in [3.63, 3.8) is 0 Å². The van der Waals surface area contributed by atoms with Gasteiger partial charge in [-0.05, 0) is 24.7 Å². The van der Waals surface area contributed by atoms with Crippen molar-refractivity contribution in [2.24, 2.45) is 0 Å². The van der Waals surface area contributed by atoms with Crippen molar-refractivity contribution in [1.82, 2.24) is 10.6 Å². The lowest BCUT2D eigenvalue weighted by atomic mass is 9.84. The van der Waals surface area contributed by atoms with Crippen molar-refractivity contribution in [2.75, 3.05) is 20.1 Å². The quantitative estimate of drug-likeness (QED) is 0.829. The number of halogens is 2. The van der Waals surface area contributed by atoms with Crippen molar-refractivity contribution >= 4 is 34.2 Å². The largest absolute Gasteiger partial charge is 0.355 e. The predicted octanol–water partition coefficient (Wildman–Crippen LogP) is 2.87. The highest BCUT2D eigenvalue weighted by atomic mass is 79.9.